The third-order valence-electron chi connectivity index (χ3n) is 5.02. The maximum atomic E-state index is 11.6. The van der Waals surface area contributed by atoms with Crippen LogP contribution in [0, 0.1) is 5.92 Å². The summed E-state index contributed by atoms with van der Waals surface area (Å²) < 4.78 is 18.2. The van der Waals surface area contributed by atoms with Crippen molar-refractivity contribution in [3.05, 3.63) is 86.3 Å². The number of nitrogens with zero attached hydrogens (tertiary/aromatic N) is 1. The number of esters is 1. The van der Waals surface area contributed by atoms with E-state index in [9.17, 15) is 4.79 Å². The van der Waals surface area contributed by atoms with Gasteiger partial charge >= 0.3 is 5.97 Å². The van der Waals surface area contributed by atoms with Crippen molar-refractivity contribution in [3.63, 3.8) is 0 Å². The van der Waals surface area contributed by atoms with Crippen LogP contribution in [-0.4, -0.2) is 32.5 Å². The van der Waals surface area contributed by atoms with Gasteiger partial charge in [-0.05, 0) is 87.2 Å². The Morgan fingerprint density at radius 2 is 1.77 bits per heavy atom. The molecule has 0 amide bonds. The fourth-order valence-corrected chi connectivity index (χ4v) is 4.63. The molecule has 6 nitrogen and oxygen atoms in total. The monoisotopic (exact) mass is 603 g/mol. The summed E-state index contributed by atoms with van der Waals surface area (Å²) in [5.74, 6) is 1.44. The van der Waals surface area contributed by atoms with Gasteiger partial charge in [-0.1, -0.05) is 35.5 Å². The summed E-state index contributed by atoms with van der Waals surface area (Å²) in [6.45, 7) is 3.98. The normalized spacial score (nSPS) is 11.8. The predicted octanol–water partition coefficient (Wildman–Crippen LogP) is 7.15. The van der Waals surface area contributed by atoms with Crippen molar-refractivity contribution in [2.45, 2.75) is 20.3 Å². The average Bonchev–Trinajstić information content (AvgIpc) is 2.85. The van der Waals surface area contributed by atoms with Crippen molar-refractivity contribution in [1.29, 1.82) is 0 Å². The summed E-state index contributed by atoms with van der Waals surface area (Å²) in [7, 11) is 1.67. The molecular weight excluding hydrogens is 578 g/mol. The summed E-state index contributed by atoms with van der Waals surface area (Å²) >= 11 is 7.16. The minimum atomic E-state index is -0.391. The first-order chi connectivity index (χ1) is 16.9. The molecule has 0 saturated heterocycles. The Morgan fingerprint density at radius 1 is 1.06 bits per heavy atom. The van der Waals surface area contributed by atoms with E-state index in [1.54, 1.807) is 27.2 Å². The smallest absolute Gasteiger partial charge is 0.312 e. The van der Waals surface area contributed by atoms with E-state index in [4.69, 9.17) is 19.0 Å². The number of carbonyl (C=O) groups is 1. The molecule has 35 heavy (non-hydrogen) atoms. The van der Waals surface area contributed by atoms with Crippen LogP contribution in [-0.2, 0) is 20.8 Å². The van der Waals surface area contributed by atoms with Crippen LogP contribution in [0.2, 0.25) is 0 Å². The Bertz CT molecular complexity index is 1140. The molecule has 0 radical (unpaired) electrons. The molecular formula is C27H27Br2NO5. The van der Waals surface area contributed by atoms with Gasteiger partial charge in [0.2, 0.25) is 0 Å². The van der Waals surface area contributed by atoms with Gasteiger partial charge < -0.3 is 19.0 Å². The van der Waals surface area contributed by atoms with E-state index < -0.39 is 5.92 Å². The van der Waals surface area contributed by atoms with Crippen molar-refractivity contribution in [2.75, 3.05) is 20.3 Å². The van der Waals surface area contributed by atoms with Crippen LogP contribution in [0.25, 0.3) is 0 Å². The van der Waals surface area contributed by atoms with Gasteiger partial charge in [0, 0.05) is 12.0 Å². The van der Waals surface area contributed by atoms with Gasteiger partial charge in [0.15, 0.2) is 5.75 Å². The second kappa shape index (κ2) is 13.3. The third kappa shape index (κ3) is 7.83. The van der Waals surface area contributed by atoms with E-state index in [-0.39, 0.29) is 12.6 Å². The van der Waals surface area contributed by atoms with Crippen molar-refractivity contribution >= 4 is 44.0 Å². The third-order valence-corrected chi connectivity index (χ3v) is 6.20. The van der Waals surface area contributed by atoms with E-state index in [1.165, 1.54) is 5.56 Å². The summed E-state index contributed by atoms with van der Waals surface area (Å²) in [6.07, 6.45) is 2.30. The van der Waals surface area contributed by atoms with Gasteiger partial charge in [0.05, 0.1) is 34.8 Å². The summed E-state index contributed by atoms with van der Waals surface area (Å²) in [5, 5.41) is 3.96. The highest BCUT2D eigenvalue weighted by Gasteiger charge is 2.15. The number of methoxy groups -OCH3 is 1. The van der Waals surface area contributed by atoms with Crippen LogP contribution >= 0.6 is 31.9 Å². The lowest BCUT2D eigenvalue weighted by molar-refractivity contribution is -0.149. The van der Waals surface area contributed by atoms with Crippen LogP contribution in [0.4, 0.5) is 0 Å². The summed E-state index contributed by atoms with van der Waals surface area (Å²) in [6, 6.07) is 19.7. The van der Waals surface area contributed by atoms with Gasteiger partial charge in [-0.2, -0.15) is 0 Å². The van der Waals surface area contributed by atoms with Crippen molar-refractivity contribution in [3.8, 4) is 17.2 Å². The first kappa shape index (κ1) is 26.8. The number of carbonyl (C=O) groups excluding carboxylic acids is 1. The maximum absolute atomic E-state index is 11.6. The van der Waals surface area contributed by atoms with Crippen molar-refractivity contribution in [2.24, 2.45) is 11.1 Å². The van der Waals surface area contributed by atoms with E-state index in [2.05, 4.69) is 49.1 Å². The zero-order valence-corrected chi connectivity index (χ0v) is 23.0. The van der Waals surface area contributed by atoms with E-state index in [0.29, 0.717) is 18.1 Å². The molecule has 0 aliphatic carbocycles. The number of ether oxygens (including phenoxy) is 3. The lowest BCUT2D eigenvalue weighted by Crippen LogP contribution is -2.18. The van der Waals surface area contributed by atoms with Crippen molar-refractivity contribution in [1.82, 2.24) is 0 Å². The first-order valence-electron chi connectivity index (χ1n) is 11.1. The lowest BCUT2D eigenvalue weighted by Gasteiger charge is -2.14. The summed E-state index contributed by atoms with van der Waals surface area (Å²) in [5.41, 5.74) is 3.01. The predicted molar refractivity (Wildman–Crippen MR) is 144 cm³/mol. The Morgan fingerprint density at radius 3 is 2.43 bits per heavy atom. The first-order valence-corrected chi connectivity index (χ1v) is 12.7. The average molecular weight is 605 g/mol. The highest BCUT2D eigenvalue weighted by atomic mass is 79.9. The number of oxime groups is 1. The van der Waals surface area contributed by atoms with Crippen LogP contribution in [0.15, 0.2) is 74.8 Å². The standard InChI is InChI=1S/C27H27Br2NO5/c1-4-33-27(31)18(2)17-34-30-16-20-13-23(28)26(24(29)14-20)35-22-10-11-25(32-3)21(15-22)12-19-8-6-5-7-9-19/h5-11,13-16,18H,4,12,17H2,1-3H3/b30-16+. The Hall–Kier alpha value is -2.84. The highest BCUT2D eigenvalue weighted by molar-refractivity contribution is 9.11. The molecule has 0 spiro atoms. The van der Waals surface area contributed by atoms with Crippen LogP contribution < -0.4 is 9.47 Å². The second-order valence-corrected chi connectivity index (χ2v) is 9.44. The Balaban J connectivity index is 1.70. The van der Waals surface area contributed by atoms with Crippen LogP contribution in [0.1, 0.15) is 30.5 Å². The lowest BCUT2D eigenvalue weighted by atomic mass is 10.0. The quantitative estimate of drug-likeness (QED) is 0.132. The van der Waals surface area contributed by atoms with Gasteiger partial charge in [0.1, 0.15) is 18.1 Å². The number of benzene rings is 3. The SMILES string of the molecule is CCOC(=O)C(C)CO/N=C/c1cc(Br)c(Oc2ccc(OC)c(Cc3ccccc3)c2)c(Br)c1. The second-order valence-electron chi connectivity index (χ2n) is 7.74. The van der Waals surface area contributed by atoms with E-state index in [0.717, 1.165) is 32.2 Å². The molecule has 0 aliphatic rings. The zero-order valence-electron chi connectivity index (χ0n) is 19.8. The largest absolute Gasteiger partial charge is 0.496 e. The molecule has 0 saturated carbocycles. The minimum absolute atomic E-state index is 0.141. The molecule has 0 bridgehead atoms. The number of rotatable bonds is 11. The minimum Gasteiger partial charge on any atom is -0.496 e. The van der Waals surface area contributed by atoms with E-state index >= 15 is 0 Å². The molecule has 1 unspecified atom stereocenters. The molecule has 8 heteroatoms. The molecule has 0 heterocycles. The van der Waals surface area contributed by atoms with Crippen LogP contribution in [0.3, 0.4) is 0 Å². The fourth-order valence-electron chi connectivity index (χ4n) is 3.25. The molecule has 1 atom stereocenters. The fraction of sp³-hybridized carbons (Fsp3) is 0.259. The van der Waals surface area contributed by atoms with Crippen molar-refractivity contribution < 1.29 is 23.8 Å². The molecule has 184 valence electrons. The zero-order chi connectivity index (χ0) is 25.2. The number of hydrogen-bond donors (Lipinski definition) is 0. The molecule has 0 aromatic heterocycles. The molecule has 3 aromatic rings. The van der Waals surface area contributed by atoms with Crippen LogP contribution in [0.5, 0.6) is 17.2 Å². The van der Waals surface area contributed by atoms with Gasteiger partial charge in [-0.15, -0.1) is 0 Å². The summed E-state index contributed by atoms with van der Waals surface area (Å²) in [4.78, 5) is 16.9. The molecule has 0 fully saturated rings. The number of halogens is 2. The molecule has 3 rings (SSSR count). The molecule has 0 aliphatic heterocycles. The maximum Gasteiger partial charge on any atom is 0.312 e. The van der Waals surface area contributed by atoms with Gasteiger partial charge in [-0.3, -0.25) is 4.79 Å². The molecule has 3 aromatic carbocycles. The number of hydrogen-bond acceptors (Lipinski definition) is 6. The Labute approximate surface area is 222 Å². The Kier molecular flexibility index (Phi) is 10.2. The molecule has 0 N–H and O–H groups in total. The highest BCUT2D eigenvalue weighted by Crippen LogP contribution is 2.38. The van der Waals surface area contributed by atoms with Gasteiger partial charge in [-0.25, -0.2) is 0 Å². The topological polar surface area (TPSA) is 66.4 Å². The van der Waals surface area contributed by atoms with E-state index in [1.807, 2.05) is 48.5 Å². The van der Waals surface area contributed by atoms with Gasteiger partial charge in [0.25, 0.3) is 0 Å².